The van der Waals surface area contributed by atoms with E-state index in [0.29, 0.717) is 18.0 Å². The summed E-state index contributed by atoms with van der Waals surface area (Å²) in [4.78, 5) is 25.9. The molecule has 1 unspecified atom stereocenters. The van der Waals surface area contributed by atoms with Gasteiger partial charge in [0, 0.05) is 23.7 Å². The number of benzene rings is 2. The zero-order valence-electron chi connectivity index (χ0n) is 17.9. The molecule has 0 spiro atoms. The van der Waals surface area contributed by atoms with Gasteiger partial charge in [-0.3, -0.25) is 9.59 Å². The van der Waals surface area contributed by atoms with E-state index in [4.69, 9.17) is 9.15 Å². The number of fused-ring (bicyclic) bond motifs is 1. The van der Waals surface area contributed by atoms with Gasteiger partial charge in [-0.05, 0) is 42.7 Å². The Bertz CT molecular complexity index is 1130. The topological polar surface area (TPSA) is 73.0 Å². The molecule has 2 N–H and O–H groups in total. The lowest BCUT2D eigenvalue weighted by atomic mass is 10.00. The Morgan fingerprint density at radius 3 is 2.58 bits per heavy atom. The van der Waals surface area contributed by atoms with E-state index in [1.807, 2.05) is 32.0 Å². The van der Waals surface area contributed by atoms with Crippen molar-refractivity contribution in [3.05, 3.63) is 93.0 Å². The average molecular weight is 420 g/mol. The van der Waals surface area contributed by atoms with Crippen LogP contribution in [0.5, 0.6) is 5.75 Å². The second-order valence-electron chi connectivity index (χ2n) is 8.16. The normalized spacial score (nSPS) is 15.2. The van der Waals surface area contributed by atoms with E-state index >= 15 is 0 Å². The number of rotatable bonds is 6. The van der Waals surface area contributed by atoms with Crippen LogP contribution in [0.3, 0.4) is 0 Å². The number of hydrogen-bond donors (Lipinski definition) is 2. The highest BCUT2D eigenvalue weighted by Crippen LogP contribution is 2.14. The summed E-state index contributed by atoms with van der Waals surface area (Å²) >= 11 is 0. The highest BCUT2D eigenvalue weighted by Gasteiger charge is 2.20. The molecule has 0 saturated heterocycles. The van der Waals surface area contributed by atoms with E-state index < -0.39 is 0 Å². The first kappa shape index (κ1) is 20.9. The van der Waals surface area contributed by atoms with Crippen molar-refractivity contribution in [3.8, 4) is 5.75 Å². The van der Waals surface area contributed by atoms with Crippen LogP contribution in [0.25, 0.3) is 0 Å². The first-order chi connectivity index (χ1) is 15.0. The lowest BCUT2D eigenvalue weighted by molar-refractivity contribution is -0.930. The monoisotopic (exact) mass is 419 g/mol. The van der Waals surface area contributed by atoms with Crippen LogP contribution >= 0.6 is 0 Å². The summed E-state index contributed by atoms with van der Waals surface area (Å²) in [5.74, 6) is 0.328. The molecule has 1 amide bonds. The van der Waals surface area contributed by atoms with Gasteiger partial charge in [0.1, 0.15) is 19.4 Å². The van der Waals surface area contributed by atoms with Crippen molar-refractivity contribution in [1.82, 2.24) is 0 Å². The first-order valence-electron chi connectivity index (χ1n) is 10.5. The van der Waals surface area contributed by atoms with Gasteiger partial charge in [-0.2, -0.15) is 0 Å². The summed E-state index contributed by atoms with van der Waals surface area (Å²) in [6.07, 6.45) is 2.33. The van der Waals surface area contributed by atoms with Gasteiger partial charge in [-0.15, -0.1) is 0 Å². The summed E-state index contributed by atoms with van der Waals surface area (Å²) in [5, 5.41) is 2.79. The lowest BCUT2D eigenvalue weighted by Gasteiger charge is -2.25. The van der Waals surface area contributed by atoms with Gasteiger partial charge in [0.25, 0.3) is 5.91 Å². The molecule has 1 aliphatic heterocycles. The number of quaternary nitrogens is 1. The largest absolute Gasteiger partial charge is 0.477 e. The van der Waals surface area contributed by atoms with Crippen molar-refractivity contribution < 1.29 is 18.8 Å². The van der Waals surface area contributed by atoms with Gasteiger partial charge in [0.2, 0.25) is 11.2 Å². The standard InChI is InChI=1S/C25H26N2O4/c1-17-9-18(2)11-21(10-17)26-25(29)16-31-24-15-30-22(12-23(24)28)14-27-8-7-19-5-3-4-6-20(19)13-27/h3-6,9-12,15H,7-8,13-14,16H2,1-2H3,(H,26,29)/p+1. The maximum atomic E-state index is 12.4. The van der Waals surface area contributed by atoms with Crippen molar-refractivity contribution in [3.63, 3.8) is 0 Å². The number of amides is 1. The van der Waals surface area contributed by atoms with E-state index in [1.54, 1.807) is 0 Å². The highest BCUT2D eigenvalue weighted by atomic mass is 16.5. The van der Waals surface area contributed by atoms with Crippen molar-refractivity contribution in [2.45, 2.75) is 33.4 Å². The molecule has 2 aromatic carbocycles. The summed E-state index contributed by atoms with van der Waals surface area (Å²) in [7, 11) is 0. The highest BCUT2D eigenvalue weighted by molar-refractivity contribution is 5.92. The van der Waals surface area contributed by atoms with Crippen molar-refractivity contribution in [2.75, 3.05) is 18.5 Å². The molecule has 31 heavy (non-hydrogen) atoms. The molecule has 1 atom stereocenters. The molecule has 3 aromatic rings. The molecule has 1 aliphatic rings. The van der Waals surface area contributed by atoms with Crippen LogP contribution in [-0.4, -0.2) is 19.1 Å². The van der Waals surface area contributed by atoms with E-state index in [1.165, 1.54) is 28.4 Å². The SMILES string of the molecule is Cc1cc(C)cc(NC(=O)COc2coc(C[NH+]3CCc4ccccc4C3)cc2=O)c1. The number of anilines is 1. The zero-order chi connectivity index (χ0) is 21.8. The van der Waals surface area contributed by atoms with Crippen LogP contribution in [0.4, 0.5) is 5.69 Å². The Morgan fingerprint density at radius 2 is 1.84 bits per heavy atom. The quantitative estimate of drug-likeness (QED) is 0.644. The van der Waals surface area contributed by atoms with E-state index in [-0.39, 0.29) is 23.7 Å². The van der Waals surface area contributed by atoms with Crippen LogP contribution in [-0.2, 0) is 24.3 Å². The van der Waals surface area contributed by atoms with Gasteiger partial charge >= 0.3 is 0 Å². The van der Waals surface area contributed by atoms with E-state index in [9.17, 15) is 9.59 Å². The minimum atomic E-state index is -0.329. The van der Waals surface area contributed by atoms with Crippen LogP contribution in [0.15, 0.2) is 64.0 Å². The van der Waals surface area contributed by atoms with Crippen molar-refractivity contribution in [2.24, 2.45) is 0 Å². The average Bonchev–Trinajstić information content (AvgIpc) is 2.72. The van der Waals surface area contributed by atoms with Gasteiger partial charge in [-0.25, -0.2) is 0 Å². The third-order valence-electron chi connectivity index (χ3n) is 5.45. The number of carbonyl (C=O) groups excluding carboxylic acids is 1. The zero-order valence-corrected chi connectivity index (χ0v) is 17.9. The maximum Gasteiger partial charge on any atom is 0.262 e. The summed E-state index contributed by atoms with van der Waals surface area (Å²) in [5.41, 5.74) is 5.30. The fourth-order valence-electron chi connectivity index (χ4n) is 4.06. The van der Waals surface area contributed by atoms with Gasteiger partial charge in [0.05, 0.1) is 6.54 Å². The maximum absolute atomic E-state index is 12.4. The Kier molecular flexibility index (Phi) is 6.18. The fourth-order valence-corrected chi connectivity index (χ4v) is 4.06. The Morgan fingerprint density at radius 1 is 1.10 bits per heavy atom. The van der Waals surface area contributed by atoms with Crippen LogP contribution in [0.2, 0.25) is 0 Å². The Hall–Kier alpha value is -3.38. The van der Waals surface area contributed by atoms with Crippen LogP contribution in [0, 0.1) is 13.8 Å². The van der Waals surface area contributed by atoms with Gasteiger partial charge in [0.15, 0.2) is 12.4 Å². The molecule has 0 saturated carbocycles. The minimum Gasteiger partial charge on any atom is -0.477 e. The fraction of sp³-hybridized carbons (Fsp3) is 0.280. The van der Waals surface area contributed by atoms with Gasteiger partial charge in [-0.1, -0.05) is 30.3 Å². The van der Waals surface area contributed by atoms with E-state index in [0.717, 1.165) is 30.6 Å². The third-order valence-corrected chi connectivity index (χ3v) is 5.45. The number of carbonyl (C=O) groups is 1. The number of ether oxygens (including phenoxy) is 1. The summed E-state index contributed by atoms with van der Waals surface area (Å²) in [6, 6.07) is 15.7. The van der Waals surface area contributed by atoms with Crippen LogP contribution < -0.4 is 20.4 Å². The Balaban J connectivity index is 1.32. The molecule has 0 fully saturated rings. The summed E-state index contributed by atoms with van der Waals surface area (Å²) < 4.78 is 11.0. The van der Waals surface area contributed by atoms with Crippen molar-refractivity contribution in [1.29, 1.82) is 0 Å². The second kappa shape index (κ2) is 9.18. The predicted octanol–water partition coefficient (Wildman–Crippen LogP) is 2.42. The smallest absolute Gasteiger partial charge is 0.262 e. The molecule has 6 nitrogen and oxygen atoms in total. The molecule has 6 heteroatoms. The minimum absolute atomic E-state index is 0.0401. The Labute approximate surface area is 181 Å². The molecule has 0 bridgehead atoms. The number of hydrogen-bond acceptors (Lipinski definition) is 4. The van der Waals surface area contributed by atoms with Crippen molar-refractivity contribution >= 4 is 11.6 Å². The molecule has 1 aromatic heterocycles. The molecule has 0 radical (unpaired) electrons. The molecule has 160 valence electrons. The van der Waals surface area contributed by atoms with E-state index in [2.05, 4.69) is 29.6 Å². The first-order valence-corrected chi connectivity index (χ1v) is 10.5. The molecular formula is C25H27N2O4+. The lowest BCUT2D eigenvalue weighted by Crippen LogP contribution is -3.10. The number of nitrogens with one attached hydrogen (secondary N) is 2. The predicted molar refractivity (Wildman–Crippen MR) is 118 cm³/mol. The van der Waals surface area contributed by atoms with Gasteiger partial charge < -0.3 is 19.4 Å². The second-order valence-corrected chi connectivity index (χ2v) is 8.16. The molecule has 0 aliphatic carbocycles. The summed E-state index contributed by atoms with van der Waals surface area (Å²) in [6.45, 7) is 6.23. The number of aryl methyl sites for hydroxylation is 2. The molecule has 4 rings (SSSR count). The third kappa shape index (κ3) is 5.41. The molecular weight excluding hydrogens is 392 g/mol. The van der Waals surface area contributed by atoms with Crippen LogP contribution in [0.1, 0.15) is 28.0 Å². The molecule has 2 heterocycles.